The van der Waals surface area contributed by atoms with E-state index in [0.717, 1.165) is 29.6 Å². The maximum atomic E-state index is 2.71. The highest BCUT2D eigenvalue weighted by Crippen LogP contribution is 2.67. The number of fused-ring (bicyclic) bond motifs is 5. The molecule has 0 nitrogen and oxygen atoms in total. The van der Waals surface area contributed by atoms with Crippen molar-refractivity contribution in [3.05, 3.63) is 35.9 Å². The molecular formula is C26H38. The molecule has 0 amide bonds. The van der Waals surface area contributed by atoms with E-state index in [1.165, 1.54) is 51.4 Å². The molecule has 1 aromatic rings. The van der Waals surface area contributed by atoms with Gasteiger partial charge in [-0.15, -0.1) is 0 Å². The Morgan fingerprint density at radius 3 is 2.58 bits per heavy atom. The van der Waals surface area contributed by atoms with Crippen LogP contribution in [0.1, 0.15) is 83.6 Å². The standard InChI is InChI=1S/C26H38/c1-25-15-13-23-22(12-11-21-10-6-7-14-26(21,23)2)24(25)17-20(18-25)16-19-8-4-3-5-9-19/h3-5,8-9,20-24H,6-7,10-18H2,1-2H3/t20-,21+,22+,23-,24-,25+,26-/m0/s1. The van der Waals surface area contributed by atoms with Crippen molar-refractivity contribution >= 4 is 0 Å². The van der Waals surface area contributed by atoms with Gasteiger partial charge in [0.2, 0.25) is 0 Å². The summed E-state index contributed by atoms with van der Waals surface area (Å²) in [6, 6.07) is 11.3. The summed E-state index contributed by atoms with van der Waals surface area (Å²) in [5, 5.41) is 0. The van der Waals surface area contributed by atoms with E-state index in [1.54, 1.807) is 24.8 Å². The molecule has 142 valence electrons. The highest BCUT2D eigenvalue weighted by atomic mass is 14.6. The van der Waals surface area contributed by atoms with Gasteiger partial charge in [0.15, 0.2) is 0 Å². The van der Waals surface area contributed by atoms with Gasteiger partial charge in [0.05, 0.1) is 0 Å². The Balaban J connectivity index is 1.36. The second-order valence-corrected chi connectivity index (χ2v) is 11.1. The van der Waals surface area contributed by atoms with Crippen molar-refractivity contribution in [3.63, 3.8) is 0 Å². The average molecular weight is 351 g/mol. The van der Waals surface area contributed by atoms with Crippen LogP contribution in [0.2, 0.25) is 0 Å². The van der Waals surface area contributed by atoms with Gasteiger partial charge in [-0.3, -0.25) is 0 Å². The first kappa shape index (κ1) is 17.3. The van der Waals surface area contributed by atoms with Crippen LogP contribution < -0.4 is 0 Å². The van der Waals surface area contributed by atoms with E-state index in [1.807, 2.05) is 0 Å². The molecule has 4 aliphatic rings. The molecule has 5 rings (SSSR count). The minimum Gasteiger partial charge on any atom is -0.0622 e. The van der Waals surface area contributed by atoms with Crippen molar-refractivity contribution < 1.29 is 0 Å². The molecule has 7 atom stereocenters. The van der Waals surface area contributed by atoms with Crippen LogP contribution in [-0.4, -0.2) is 0 Å². The number of hydrogen-bond acceptors (Lipinski definition) is 0. The summed E-state index contributed by atoms with van der Waals surface area (Å²) in [4.78, 5) is 0. The van der Waals surface area contributed by atoms with E-state index in [4.69, 9.17) is 0 Å². The van der Waals surface area contributed by atoms with Crippen molar-refractivity contribution in [2.75, 3.05) is 0 Å². The highest BCUT2D eigenvalue weighted by Gasteiger charge is 2.58. The van der Waals surface area contributed by atoms with Gasteiger partial charge in [0.25, 0.3) is 0 Å². The van der Waals surface area contributed by atoms with Crippen LogP contribution in [0.3, 0.4) is 0 Å². The van der Waals surface area contributed by atoms with Crippen LogP contribution in [0.5, 0.6) is 0 Å². The van der Waals surface area contributed by atoms with Crippen molar-refractivity contribution in [2.45, 2.75) is 84.5 Å². The average Bonchev–Trinajstić information content (AvgIpc) is 2.98. The van der Waals surface area contributed by atoms with E-state index >= 15 is 0 Å². The predicted octanol–water partition coefficient (Wildman–Crippen LogP) is 7.28. The topological polar surface area (TPSA) is 0 Å². The third-order valence-electron chi connectivity index (χ3n) is 9.81. The third kappa shape index (κ3) is 2.70. The molecule has 0 heteroatoms. The molecule has 4 saturated carbocycles. The lowest BCUT2D eigenvalue weighted by molar-refractivity contribution is -0.103. The first-order valence-electron chi connectivity index (χ1n) is 11.6. The fourth-order valence-electron chi connectivity index (χ4n) is 8.61. The van der Waals surface area contributed by atoms with Crippen LogP contribution in [0.25, 0.3) is 0 Å². The number of rotatable bonds is 2. The Bertz CT molecular complexity index is 633. The smallest absolute Gasteiger partial charge is 0.0250 e. The van der Waals surface area contributed by atoms with Gasteiger partial charge in [0.1, 0.15) is 0 Å². The van der Waals surface area contributed by atoms with Gasteiger partial charge in [-0.25, -0.2) is 0 Å². The van der Waals surface area contributed by atoms with E-state index in [-0.39, 0.29) is 0 Å². The minimum atomic E-state index is 0.651. The van der Waals surface area contributed by atoms with E-state index in [2.05, 4.69) is 44.2 Å². The van der Waals surface area contributed by atoms with E-state index < -0.39 is 0 Å². The summed E-state index contributed by atoms with van der Waals surface area (Å²) >= 11 is 0. The summed E-state index contributed by atoms with van der Waals surface area (Å²) < 4.78 is 0. The molecule has 4 aliphatic carbocycles. The lowest BCUT2D eigenvalue weighted by Crippen LogP contribution is -2.51. The molecule has 0 unspecified atom stereocenters. The molecule has 0 N–H and O–H groups in total. The quantitative estimate of drug-likeness (QED) is 0.526. The first-order chi connectivity index (χ1) is 12.6. The molecule has 4 fully saturated rings. The largest absolute Gasteiger partial charge is 0.0622 e. The Hall–Kier alpha value is -0.780. The molecule has 1 aromatic carbocycles. The van der Waals surface area contributed by atoms with Crippen LogP contribution in [0.15, 0.2) is 30.3 Å². The predicted molar refractivity (Wildman–Crippen MR) is 110 cm³/mol. The Morgan fingerprint density at radius 2 is 1.73 bits per heavy atom. The van der Waals surface area contributed by atoms with Crippen molar-refractivity contribution in [1.82, 2.24) is 0 Å². The highest BCUT2D eigenvalue weighted by molar-refractivity contribution is 5.17. The third-order valence-corrected chi connectivity index (χ3v) is 9.81. The van der Waals surface area contributed by atoms with Gasteiger partial charge in [-0.1, -0.05) is 57.0 Å². The normalized spacial score (nSPS) is 47.7. The summed E-state index contributed by atoms with van der Waals surface area (Å²) in [7, 11) is 0. The summed E-state index contributed by atoms with van der Waals surface area (Å²) in [6.07, 6.45) is 16.6. The lowest BCUT2D eigenvalue weighted by Gasteiger charge is -2.60. The Morgan fingerprint density at radius 1 is 0.885 bits per heavy atom. The molecule has 0 aliphatic heterocycles. The maximum Gasteiger partial charge on any atom is -0.0250 e. The second-order valence-electron chi connectivity index (χ2n) is 11.1. The van der Waals surface area contributed by atoms with Crippen LogP contribution >= 0.6 is 0 Å². The second kappa shape index (κ2) is 6.39. The van der Waals surface area contributed by atoms with Crippen LogP contribution in [0, 0.1) is 40.4 Å². The van der Waals surface area contributed by atoms with Gasteiger partial charge in [-0.05, 0) is 104 Å². The first-order valence-corrected chi connectivity index (χ1v) is 11.6. The molecule has 0 aromatic heterocycles. The summed E-state index contributed by atoms with van der Waals surface area (Å²) in [5.74, 6) is 5.12. The van der Waals surface area contributed by atoms with Gasteiger partial charge in [0, 0.05) is 0 Å². The van der Waals surface area contributed by atoms with Crippen LogP contribution in [0.4, 0.5) is 0 Å². The van der Waals surface area contributed by atoms with Gasteiger partial charge < -0.3 is 0 Å². The fraction of sp³-hybridized carbons (Fsp3) is 0.769. The van der Waals surface area contributed by atoms with Gasteiger partial charge in [-0.2, -0.15) is 0 Å². The van der Waals surface area contributed by atoms with E-state index in [0.29, 0.717) is 10.8 Å². The van der Waals surface area contributed by atoms with E-state index in [9.17, 15) is 0 Å². The monoisotopic (exact) mass is 350 g/mol. The lowest BCUT2D eigenvalue weighted by atomic mass is 9.45. The summed E-state index contributed by atoms with van der Waals surface area (Å²) in [5.41, 5.74) is 2.91. The molecule has 26 heavy (non-hydrogen) atoms. The molecule has 0 spiro atoms. The summed E-state index contributed by atoms with van der Waals surface area (Å²) in [6.45, 7) is 5.39. The zero-order chi connectivity index (χ0) is 17.8. The van der Waals surface area contributed by atoms with Crippen molar-refractivity contribution in [2.24, 2.45) is 40.4 Å². The zero-order valence-corrected chi connectivity index (χ0v) is 17.1. The van der Waals surface area contributed by atoms with Crippen LogP contribution in [-0.2, 0) is 6.42 Å². The molecular weight excluding hydrogens is 312 g/mol. The maximum absolute atomic E-state index is 2.71. The molecule has 0 radical (unpaired) electrons. The number of benzene rings is 1. The fourth-order valence-corrected chi connectivity index (χ4v) is 8.61. The van der Waals surface area contributed by atoms with Gasteiger partial charge >= 0.3 is 0 Å². The minimum absolute atomic E-state index is 0.651. The molecule has 0 heterocycles. The molecule has 0 saturated heterocycles. The SMILES string of the molecule is C[C@]12CC[C@H]3[C@@H](CC[C@H]4CCCC[C@@]43C)[C@@H]1C[C@H](Cc1ccccc1)C2. The van der Waals surface area contributed by atoms with Crippen molar-refractivity contribution in [3.8, 4) is 0 Å². The Kier molecular flexibility index (Phi) is 4.26. The van der Waals surface area contributed by atoms with Crippen molar-refractivity contribution in [1.29, 1.82) is 0 Å². The Labute approximate surface area is 161 Å². The zero-order valence-electron chi connectivity index (χ0n) is 17.1. The molecule has 0 bridgehead atoms. The number of hydrogen-bond donors (Lipinski definition) is 0.